The average molecular weight is 257 g/mol. The molecule has 0 bridgehead atoms. The van der Waals surface area contributed by atoms with Gasteiger partial charge in [0.2, 0.25) is 5.91 Å². The van der Waals surface area contributed by atoms with E-state index in [9.17, 15) is 9.59 Å². The molecule has 6 heteroatoms. The average Bonchev–Trinajstić information content (AvgIpc) is 2.64. The van der Waals surface area contributed by atoms with Crippen LogP contribution in [0.3, 0.4) is 0 Å². The third-order valence-corrected chi connectivity index (χ3v) is 3.80. The van der Waals surface area contributed by atoms with Gasteiger partial charge in [0, 0.05) is 43.7 Å². The summed E-state index contributed by atoms with van der Waals surface area (Å²) >= 11 is 1.16. The predicted molar refractivity (Wildman–Crippen MR) is 69.2 cm³/mol. The van der Waals surface area contributed by atoms with E-state index in [-0.39, 0.29) is 16.8 Å². The van der Waals surface area contributed by atoms with E-state index in [1.54, 1.807) is 21.9 Å². The number of rotatable bonds is 5. The van der Waals surface area contributed by atoms with Crippen molar-refractivity contribution in [2.45, 2.75) is 32.9 Å². The van der Waals surface area contributed by atoms with Crippen LogP contribution < -0.4 is 10.6 Å². The van der Waals surface area contributed by atoms with Gasteiger partial charge in [-0.15, -0.1) is 0 Å². The van der Waals surface area contributed by atoms with Crippen LogP contribution in [0.15, 0.2) is 10.2 Å². The Labute approximate surface area is 105 Å². The summed E-state index contributed by atoms with van der Waals surface area (Å²) in [5.41, 5.74) is 6.41. The first kappa shape index (κ1) is 13.9. The molecular weight excluding hydrogens is 238 g/mol. The standard InChI is InChI=1S/C11H19N3O2S/c1-8(6-12)13(3)10(15)4-5-14-9(2)7-17-11(14)16/h7-8H,4-6,12H2,1-3H3. The van der Waals surface area contributed by atoms with Crippen molar-refractivity contribution in [2.75, 3.05) is 13.6 Å². The number of nitrogens with zero attached hydrogens (tertiary/aromatic N) is 2. The minimum absolute atomic E-state index is 0.00942. The van der Waals surface area contributed by atoms with Crippen molar-refractivity contribution in [3.63, 3.8) is 0 Å². The second-order valence-electron chi connectivity index (χ2n) is 4.13. The SMILES string of the molecule is Cc1csc(=O)n1CCC(=O)N(C)C(C)CN. The molecule has 1 atom stereocenters. The number of aromatic nitrogens is 1. The van der Waals surface area contributed by atoms with Crippen LogP contribution in [0.4, 0.5) is 0 Å². The summed E-state index contributed by atoms with van der Waals surface area (Å²) in [6.07, 6.45) is 0.332. The van der Waals surface area contributed by atoms with Crippen LogP contribution in [0.2, 0.25) is 0 Å². The van der Waals surface area contributed by atoms with E-state index in [4.69, 9.17) is 5.73 Å². The molecule has 0 radical (unpaired) electrons. The molecule has 0 saturated carbocycles. The maximum Gasteiger partial charge on any atom is 0.307 e. The van der Waals surface area contributed by atoms with Gasteiger partial charge in [0.05, 0.1) is 0 Å². The molecule has 0 aromatic carbocycles. The molecule has 17 heavy (non-hydrogen) atoms. The van der Waals surface area contributed by atoms with Gasteiger partial charge >= 0.3 is 4.87 Å². The Morgan fingerprint density at radius 3 is 2.76 bits per heavy atom. The highest BCUT2D eigenvalue weighted by Crippen LogP contribution is 2.03. The molecule has 1 unspecified atom stereocenters. The topological polar surface area (TPSA) is 68.3 Å². The van der Waals surface area contributed by atoms with Crippen LogP contribution in [0.1, 0.15) is 19.0 Å². The number of aryl methyl sites for hydroxylation is 1. The maximum atomic E-state index is 11.8. The fourth-order valence-electron chi connectivity index (χ4n) is 1.46. The lowest BCUT2D eigenvalue weighted by atomic mass is 10.2. The van der Waals surface area contributed by atoms with Crippen molar-refractivity contribution in [3.05, 3.63) is 20.7 Å². The second kappa shape index (κ2) is 5.97. The molecule has 0 fully saturated rings. The smallest absolute Gasteiger partial charge is 0.307 e. The summed E-state index contributed by atoms with van der Waals surface area (Å²) in [5, 5.41) is 1.80. The number of carbonyl (C=O) groups is 1. The first-order valence-electron chi connectivity index (χ1n) is 5.58. The highest BCUT2D eigenvalue weighted by Gasteiger charge is 2.14. The second-order valence-corrected chi connectivity index (χ2v) is 4.95. The summed E-state index contributed by atoms with van der Waals surface area (Å²) < 4.78 is 1.63. The van der Waals surface area contributed by atoms with Crippen LogP contribution in [-0.2, 0) is 11.3 Å². The maximum absolute atomic E-state index is 11.8. The van der Waals surface area contributed by atoms with Gasteiger partial charge in [-0.05, 0) is 13.8 Å². The third-order valence-electron chi connectivity index (χ3n) is 2.92. The van der Waals surface area contributed by atoms with Crippen LogP contribution in [0.5, 0.6) is 0 Å². The molecule has 0 aliphatic rings. The highest BCUT2D eigenvalue weighted by atomic mass is 32.1. The molecule has 1 aromatic heterocycles. The quantitative estimate of drug-likeness (QED) is 0.831. The van der Waals surface area contributed by atoms with Gasteiger partial charge in [0.1, 0.15) is 0 Å². The molecule has 0 spiro atoms. The molecule has 1 rings (SSSR count). The molecule has 0 aliphatic heterocycles. The monoisotopic (exact) mass is 257 g/mol. The molecule has 1 aromatic rings. The van der Waals surface area contributed by atoms with E-state index in [1.165, 1.54) is 0 Å². The van der Waals surface area contributed by atoms with Crippen molar-refractivity contribution >= 4 is 17.2 Å². The highest BCUT2D eigenvalue weighted by molar-refractivity contribution is 7.07. The molecule has 1 amide bonds. The number of nitrogens with two attached hydrogens (primary N) is 1. The summed E-state index contributed by atoms with van der Waals surface area (Å²) in [5.74, 6) is 0.0143. The van der Waals surface area contributed by atoms with Gasteiger partial charge in [-0.2, -0.15) is 0 Å². The van der Waals surface area contributed by atoms with Gasteiger partial charge in [0.15, 0.2) is 0 Å². The Bertz CT molecular complexity index is 438. The molecular formula is C11H19N3O2S. The Hall–Kier alpha value is -1.14. The number of amides is 1. The minimum atomic E-state index is -0.00942. The Morgan fingerprint density at radius 1 is 1.65 bits per heavy atom. The van der Waals surface area contributed by atoms with E-state index in [0.717, 1.165) is 17.0 Å². The zero-order valence-electron chi connectivity index (χ0n) is 10.5. The number of carbonyl (C=O) groups excluding carboxylic acids is 1. The zero-order valence-corrected chi connectivity index (χ0v) is 11.3. The molecule has 5 nitrogen and oxygen atoms in total. The van der Waals surface area contributed by atoms with Crippen molar-refractivity contribution in [1.29, 1.82) is 0 Å². The molecule has 2 N–H and O–H groups in total. The minimum Gasteiger partial charge on any atom is -0.342 e. The largest absolute Gasteiger partial charge is 0.342 e. The fraction of sp³-hybridized carbons (Fsp3) is 0.636. The van der Waals surface area contributed by atoms with Crippen LogP contribution >= 0.6 is 11.3 Å². The van der Waals surface area contributed by atoms with Gasteiger partial charge in [0.25, 0.3) is 0 Å². The van der Waals surface area contributed by atoms with E-state index in [2.05, 4.69) is 0 Å². The third kappa shape index (κ3) is 3.41. The van der Waals surface area contributed by atoms with Crippen molar-refractivity contribution in [2.24, 2.45) is 5.73 Å². The van der Waals surface area contributed by atoms with Crippen molar-refractivity contribution in [3.8, 4) is 0 Å². The van der Waals surface area contributed by atoms with Gasteiger partial charge < -0.3 is 15.2 Å². The number of thiazole rings is 1. The van der Waals surface area contributed by atoms with Crippen molar-refractivity contribution < 1.29 is 4.79 Å². The van der Waals surface area contributed by atoms with E-state index >= 15 is 0 Å². The van der Waals surface area contributed by atoms with Crippen LogP contribution in [0, 0.1) is 6.92 Å². The summed E-state index contributed by atoms with van der Waals surface area (Å²) in [7, 11) is 1.74. The summed E-state index contributed by atoms with van der Waals surface area (Å²) in [6.45, 7) is 4.66. The first-order chi connectivity index (χ1) is 7.97. The zero-order chi connectivity index (χ0) is 13.0. The molecule has 96 valence electrons. The first-order valence-corrected chi connectivity index (χ1v) is 6.46. The summed E-state index contributed by atoms with van der Waals surface area (Å²) in [4.78, 5) is 24.9. The van der Waals surface area contributed by atoms with Crippen LogP contribution in [0.25, 0.3) is 0 Å². The lowest BCUT2D eigenvalue weighted by Crippen LogP contribution is -2.40. The summed E-state index contributed by atoms with van der Waals surface area (Å²) in [6, 6.07) is 0.0304. The van der Waals surface area contributed by atoms with Crippen molar-refractivity contribution in [1.82, 2.24) is 9.47 Å². The normalized spacial score (nSPS) is 12.5. The van der Waals surface area contributed by atoms with Crippen LogP contribution in [-0.4, -0.2) is 35.0 Å². The van der Waals surface area contributed by atoms with E-state index in [1.807, 2.05) is 13.8 Å². The fourth-order valence-corrected chi connectivity index (χ4v) is 2.22. The predicted octanol–water partition coefficient (Wildman–Crippen LogP) is 0.414. The lowest BCUT2D eigenvalue weighted by Gasteiger charge is -2.23. The molecule has 0 aliphatic carbocycles. The number of hydrogen-bond acceptors (Lipinski definition) is 4. The van der Waals surface area contributed by atoms with E-state index < -0.39 is 0 Å². The van der Waals surface area contributed by atoms with Gasteiger partial charge in [-0.3, -0.25) is 9.59 Å². The Kier molecular flexibility index (Phi) is 4.89. The van der Waals surface area contributed by atoms with Gasteiger partial charge in [-0.25, -0.2) is 0 Å². The Morgan fingerprint density at radius 2 is 2.29 bits per heavy atom. The van der Waals surface area contributed by atoms with Gasteiger partial charge in [-0.1, -0.05) is 11.3 Å². The molecule has 1 heterocycles. The Balaban J connectivity index is 2.57. The lowest BCUT2D eigenvalue weighted by molar-refractivity contribution is -0.131. The molecule has 0 saturated heterocycles. The number of likely N-dealkylation sites (N-methyl/N-ethyl adjacent to an activating group) is 1. The number of hydrogen-bond donors (Lipinski definition) is 1. The van der Waals surface area contributed by atoms with E-state index in [0.29, 0.717) is 19.5 Å².